The van der Waals surface area contributed by atoms with Gasteiger partial charge in [-0.1, -0.05) is 26.2 Å². The third-order valence-electron chi connectivity index (χ3n) is 3.65. The normalized spacial score (nSPS) is 18.9. The molecule has 1 heterocycles. The summed E-state index contributed by atoms with van der Waals surface area (Å²) < 4.78 is 0. The number of carbonyl (C=O) groups excluding carboxylic acids is 1. The summed E-state index contributed by atoms with van der Waals surface area (Å²) in [7, 11) is 0. The Labute approximate surface area is 101 Å². The molecular weight excluding hydrogens is 216 g/mol. The molecule has 1 aliphatic carbocycles. The predicted octanol–water partition coefficient (Wildman–Crippen LogP) is 1.69. The van der Waals surface area contributed by atoms with Gasteiger partial charge in [-0.25, -0.2) is 0 Å². The number of aromatic amines is 1. The number of nitrogens with one attached hydrogen (secondary N) is 2. The third-order valence-corrected chi connectivity index (χ3v) is 3.65. The Morgan fingerprint density at radius 2 is 2.24 bits per heavy atom. The highest BCUT2D eigenvalue weighted by atomic mass is 16.1. The zero-order chi connectivity index (χ0) is 12.3. The van der Waals surface area contributed by atoms with Gasteiger partial charge in [0, 0.05) is 6.54 Å². The summed E-state index contributed by atoms with van der Waals surface area (Å²) in [6.45, 7) is 2.96. The Balaban J connectivity index is 1.90. The minimum absolute atomic E-state index is 0.136. The van der Waals surface area contributed by atoms with Crippen molar-refractivity contribution in [2.45, 2.75) is 39.0 Å². The van der Waals surface area contributed by atoms with Crippen LogP contribution in [0.4, 0.5) is 5.82 Å². The maximum Gasteiger partial charge on any atom is 0.256 e. The summed E-state index contributed by atoms with van der Waals surface area (Å²) in [5.74, 6) is 0.194. The molecule has 94 valence electrons. The molecule has 0 aromatic carbocycles. The van der Waals surface area contributed by atoms with Gasteiger partial charge in [0.1, 0.15) is 11.4 Å². The van der Waals surface area contributed by atoms with Crippen LogP contribution in [0.3, 0.4) is 0 Å². The Hall–Kier alpha value is -1.52. The first-order valence-electron chi connectivity index (χ1n) is 6.18. The average Bonchev–Trinajstić information content (AvgIpc) is 2.74. The lowest BCUT2D eigenvalue weighted by Crippen LogP contribution is -2.37. The summed E-state index contributed by atoms with van der Waals surface area (Å²) >= 11 is 0. The smallest absolute Gasteiger partial charge is 0.256 e. The molecule has 0 aliphatic heterocycles. The summed E-state index contributed by atoms with van der Waals surface area (Å²) in [4.78, 5) is 11.9. The van der Waals surface area contributed by atoms with E-state index in [2.05, 4.69) is 22.4 Å². The summed E-state index contributed by atoms with van der Waals surface area (Å²) in [6, 6.07) is 0. The highest BCUT2D eigenvalue weighted by Gasteiger charge is 2.27. The second kappa shape index (κ2) is 4.77. The number of carbonyl (C=O) groups is 1. The number of H-pyrrole nitrogens is 1. The molecule has 0 unspecified atom stereocenters. The van der Waals surface area contributed by atoms with Gasteiger partial charge in [-0.2, -0.15) is 5.10 Å². The average molecular weight is 236 g/mol. The number of nitrogens with two attached hydrogens (primary N) is 1. The fourth-order valence-corrected chi connectivity index (χ4v) is 2.45. The lowest BCUT2D eigenvalue weighted by atomic mass is 9.76. The first kappa shape index (κ1) is 12.0. The van der Waals surface area contributed by atoms with Gasteiger partial charge in [-0.3, -0.25) is 9.89 Å². The SMILES string of the molecule is CC1(CNC(=O)c2cn[nH]c2N)CCCCC1. The first-order valence-corrected chi connectivity index (χ1v) is 6.18. The molecule has 1 aromatic rings. The van der Waals surface area contributed by atoms with Crippen molar-refractivity contribution in [2.75, 3.05) is 12.3 Å². The number of hydrogen-bond donors (Lipinski definition) is 3. The van der Waals surface area contributed by atoms with Crippen LogP contribution in [0.15, 0.2) is 6.20 Å². The van der Waals surface area contributed by atoms with Crippen LogP contribution in [0, 0.1) is 5.41 Å². The van der Waals surface area contributed by atoms with E-state index >= 15 is 0 Å². The number of hydrogen-bond acceptors (Lipinski definition) is 3. The largest absolute Gasteiger partial charge is 0.383 e. The van der Waals surface area contributed by atoms with Crippen molar-refractivity contribution in [1.82, 2.24) is 15.5 Å². The van der Waals surface area contributed by atoms with E-state index in [1.54, 1.807) is 0 Å². The van der Waals surface area contributed by atoms with Gasteiger partial charge in [-0.15, -0.1) is 0 Å². The molecule has 0 spiro atoms. The fraction of sp³-hybridized carbons (Fsp3) is 0.667. The van der Waals surface area contributed by atoms with Crippen molar-refractivity contribution in [3.63, 3.8) is 0 Å². The standard InChI is InChI=1S/C12H20N4O/c1-12(5-3-2-4-6-12)8-14-11(17)9-7-15-16-10(9)13/h7H,2-6,8H2,1H3,(H,14,17)(H3,13,15,16). The molecule has 5 heteroatoms. The van der Waals surface area contributed by atoms with Gasteiger partial charge in [0.05, 0.1) is 6.20 Å². The van der Waals surface area contributed by atoms with E-state index in [0.717, 1.165) is 6.54 Å². The van der Waals surface area contributed by atoms with E-state index in [1.807, 2.05) is 0 Å². The highest BCUT2D eigenvalue weighted by molar-refractivity contribution is 5.98. The third kappa shape index (κ3) is 2.78. The van der Waals surface area contributed by atoms with Crippen molar-refractivity contribution in [1.29, 1.82) is 0 Å². The van der Waals surface area contributed by atoms with Crippen LogP contribution in [0.25, 0.3) is 0 Å². The van der Waals surface area contributed by atoms with Crippen LogP contribution in [-0.2, 0) is 0 Å². The number of nitrogens with zero attached hydrogens (tertiary/aromatic N) is 1. The van der Waals surface area contributed by atoms with Crippen LogP contribution < -0.4 is 11.1 Å². The van der Waals surface area contributed by atoms with Crippen LogP contribution in [0.1, 0.15) is 49.4 Å². The van der Waals surface area contributed by atoms with E-state index in [0.29, 0.717) is 11.4 Å². The molecule has 0 atom stereocenters. The number of rotatable bonds is 3. The van der Waals surface area contributed by atoms with Crippen LogP contribution in [-0.4, -0.2) is 22.6 Å². The summed E-state index contributed by atoms with van der Waals surface area (Å²) in [6.07, 6.45) is 7.69. The molecule has 0 radical (unpaired) electrons. The molecule has 2 rings (SSSR count). The predicted molar refractivity (Wildman–Crippen MR) is 66.5 cm³/mol. The van der Waals surface area contributed by atoms with E-state index in [-0.39, 0.29) is 11.3 Å². The molecule has 5 nitrogen and oxygen atoms in total. The minimum atomic E-state index is -0.136. The number of nitrogen functional groups attached to an aromatic ring is 1. The molecule has 0 saturated heterocycles. The van der Waals surface area contributed by atoms with Crippen molar-refractivity contribution in [2.24, 2.45) is 5.41 Å². The summed E-state index contributed by atoms with van der Waals surface area (Å²) in [5.41, 5.74) is 6.28. The molecule has 1 fully saturated rings. The fourth-order valence-electron chi connectivity index (χ4n) is 2.45. The van der Waals surface area contributed by atoms with E-state index in [1.165, 1.54) is 38.3 Å². The van der Waals surface area contributed by atoms with Gasteiger partial charge in [-0.05, 0) is 18.3 Å². The molecule has 1 saturated carbocycles. The van der Waals surface area contributed by atoms with Crippen molar-refractivity contribution in [3.8, 4) is 0 Å². The Morgan fingerprint density at radius 3 is 2.82 bits per heavy atom. The van der Waals surface area contributed by atoms with Gasteiger partial charge in [0.25, 0.3) is 5.91 Å². The summed E-state index contributed by atoms with van der Waals surface area (Å²) in [5, 5.41) is 9.27. The molecule has 1 amide bonds. The van der Waals surface area contributed by atoms with Crippen molar-refractivity contribution >= 4 is 11.7 Å². The van der Waals surface area contributed by atoms with Crippen LogP contribution >= 0.6 is 0 Å². The van der Waals surface area contributed by atoms with E-state index < -0.39 is 0 Å². The quantitative estimate of drug-likeness (QED) is 0.746. The number of aromatic nitrogens is 2. The second-order valence-corrected chi connectivity index (χ2v) is 5.25. The molecule has 1 aliphatic rings. The van der Waals surface area contributed by atoms with Crippen LogP contribution in [0.2, 0.25) is 0 Å². The lowest BCUT2D eigenvalue weighted by Gasteiger charge is -2.33. The Bertz CT molecular complexity index is 393. The highest BCUT2D eigenvalue weighted by Crippen LogP contribution is 2.34. The van der Waals surface area contributed by atoms with Crippen LogP contribution in [0.5, 0.6) is 0 Å². The Kier molecular flexibility index (Phi) is 3.36. The zero-order valence-electron chi connectivity index (χ0n) is 10.3. The maximum absolute atomic E-state index is 11.9. The lowest BCUT2D eigenvalue weighted by molar-refractivity contribution is 0.0920. The van der Waals surface area contributed by atoms with Gasteiger partial charge in [0.2, 0.25) is 0 Å². The molecule has 1 aromatic heterocycles. The van der Waals surface area contributed by atoms with Crippen molar-refractivity contribution < 1.29 is 4.79 Å². The van der Waals surface area contributed by atoms with Gasteiger partial charge >= 0.3 is 0 Å². The van der Waals surface area contributed by atoms with Crippen molar-refractivity contribution in [3.05, 3.63) is 11.8 Å². The molecule has 0 bridgehead atoms. The van der Waals surface area contributed by atoms with E-state index in [9.17, 15) is 4.79 Å². The molecule has 4 N–H and O–H groups in total. The zero-order valence-corrected chi connectivity index (χ0v) is 10.3. The van der Waals surface area contributed by atoms with E-state index in [4.69, 9.17) is 5.73 Å². The Morgan fingerprint density at radius 1 is 1.53 bits per heavy atom. The molecular formula is C12H20N4O. The monoisotopic (exact) mass is 236 g/mol. The first-order chi connectivity index (χ1) is 8.11. The van der Waals surface area contributed by atoms with Gasteiger partial charge < -0.3 is 11.1 Å². The second-order valence-electron chi connectivity index (χ2n) is 5.25. The minimum Gasteiger partial charge on any atom is -0.383 e. The number of anilines is 1. The topological polar surface area (TPSA) is 83.8 Å². The maximum atomic E-state index is 11.9. The van der Waals surface area contributed by atoms with Gasteiger partial charge in [0.15, 0.2) is 0 Å². The number of amides is 1. The molecule has 17 heavy (non-hydrogen) atoms.